The third-order valence-electron chi connectivity index (χ3n) is 23.4. The summed E-state index contributed by atoms with van der Waals surface area (Å²) in [7, 11) is 0. The van der Waals surface area contributed by atoms with Gasteiger partial charge < -0.3 is 179 Å². The van der Waals surface area contributed by atoms with Gasteiger partial charge in [-0.05, 0) is 93.5 Å². The maximum absolute atomic E-state index is 15.7. The van der Waals surface area contributed by atoms with Crippen LogP contribution in [0.2, 0.25) is 0 Å². The van der Waals surface area contributed by atoms with Gasteiger partial charge in [0.05, 0.1) is 56.8 Å². The molecule has 22 N–H and O–H groups in total. The zero-order valence-corrected chi connectivity index (χ0v) is 54.6. The van der Waals surface area contributed by atoms with Crippen molar-refractivity contribution >= 4 is 5.97 Å². The van der Waals surface area contributed by atoms with E-state index >= 15 is 4.79 Å². The van der Waals surface area contributed by atoms with Crippen LogP contribution in [0.4, 0.5) is 0 Å². The largest absolute Gasteiger partial charge is 0.432 e. The van der Waals surface area contributed by atoms with Gasteiger partial charge in [0.1, 0.15) is 159 Å². The molecule has 7 aliphatic heterocycles. The minimum Gasteiger partial charge on any atom is -0.432 e. The van der Waals surface area contributed by atoms with Gasteiger partial charge in [-0.3, -0.25) is 4.79 Å². The molecule has 0 radical (unpaired) electrons. The average molecular weight is 1440 g/mol. The Morgan fingerprint density at radius 1 is 0.404 bits per heavy atom. The molecule has 0 aromatic heterocycles. The van der Waals surface area contributed by atoms with Crippen LogP contribution in [0.3, 0.4) is 0 Å². The van der Waals surface area contributed by atoms with Crippen LogP contribution in [-0.2, 0) is 71.1 Å². The summed E-state index contributed by atoms with van der Waals surface area (Å²) in [4.78, 5) is 15.7. The van der Waals surface area contributed by atoms with Gasteiger partial charge in [-0.2, -0.15) is 0 Å². The van der Waals surface area contributed by atoms with E-state index in [0.29, 0.717) is 44.1 Å². The van der Waals surface area contributed by atoms with Crippen molar-refractivity contribution in [3.05, 3.63) is 12.2 Å². The highest BCUT2D eigenvalue weighted by molar-refractivity contribution is 5.77. The zero-order valence-electron chi connectivity index (χ0n) is 54.6. The third kappa shape index (κ3) is 14.0. The summed E-state index contributed by atoms with van der Waals surface area (Å²) >= 11 is 0. The lowest BCUT2D eigenvalue weighted by Gasteiger charge is -2.64. The van der Waals surface area contributed by atoms with Crippen LogP contribution < -0.4 is 0 Å². The Balaban J connectivity index is 0.867. The second-order valence-electron chi connectivity index (χ2n) is 29.2. The summed E-state index contributed by atoms with van der Waals surface area (Å²) in [6.07, 6.45) is -61.9. The van der Waals surface area contributed by atoms with Gasteiger partial charge in [-0.25, -0.2) is 0 Å². The van der Waals surface area contributed by atoms with Gasteiger partial charge in [0.25, 0.3) is 0 Å². The molecule has 7 saturated heterocycles. The third-order valence-corrected chi connectivity index (χ3v) is 23.4. The van der Waals surface area contributed by atoms with Crippen LogP contribution in [0, 0.1) is 28.1 Å². The molecule has 37 heteroatoms. The lowest BCUT2D eigenvalue weighted by atomic mass is 9.41. The number of hydrogen-bond acceptors (Lipinski definition) is 37. The van der Waals surface area contributed by atoms with E-state index in [1.165, 1.54) is 6.92 Å². The fourth-order valence-electron chi connectivity index (χ4n) is 17.9. The van der Waals surface area contributed by atoms with E-state index < -0.39 is 288 Å². The average Bonchev–Trinajstić information content (AvgIpc) is 1.59. The summed E-state index contributed by atoms with van der Waals surface area (Å²) in [5, 5.41) is 239. The molecule has 11 fully saturated rings. The van der Waals surface area contributed by atoms with Crippen LogP contribution in [0.5, 0.6) is 0 Å². The van der Waals surface area contributed by atoms with Gasteiger partial charge >= 0.3 is 5.97 Å². The number of carbonyl (C=O) groups excluding carboxylic acids is 1. The van der Waals surface area contributed by atoms with Crippen molar-refractivity contribution in [1.29, 1.82) is 0 Å². The van der Waals surface area contributed by atoms with E-state index in [-0.39, 0.29) is 25.2 Å². The number of hydrogen-bond donors (Lipinski definition) is 22. The van der Waals surface area contributed by atoms with E-state index in [1.54, 1.807) is 6.92 Å². The molecule has 0 amide bonds. The predicted octanol–water partition coefficient (Wildman–Crippen LogP) is -10.6. The zero-order chi connectivity index (χ0) is 72.0. The molecule has 99 heavy (non-hydrogen) atoms. The van der Waals surface area contributed by atoms with Crippen LogP contribution in [-0.4, -0.2) is 378 Å². The number of esters is 1. The maximum Gasteiger partial charge on any atom is 0.314 e. The highest BCUT2D eigenvalue weighted by Crippen LogP contribution is 2.74. The van der Waals surface area contributed by atoms with Gasteiger partial charge in [0.2, 0.25) is 6.29 Å². The first kappa shape index (κ1) is 77.9. The summed E-state index contributed by atoms with van der Waals surface area (Å²) in [5.74, 6) is -1.55. The van der Waals surface area contributed by atoms with Gasteiger partial charge in [-0.1, -0.05) is 19.9 Å². The summed E-state index contributed by atoms with van der Waals surface area (Å²) in [6.45, 7) is 4.24. The molecule has 0 aromatic carbocycles. The van der Waals surface area contributed by atoms with Crippen molar-refractivity contribution in [3.8, 4) is 0 Å². The molecule has 37 nitrogen and oxygen atoms in total. The van der Waals surface area contributed by atoms with Crippen LogP contribution >= 0.6 is 0 Å². The van der Waals surface area contributed by atoms with E-state index in [9.17, 15) is 112 Å². The Labute approximate surface area is 566 Å². The summed E-state index contributed by atoms with van der Waals surface area (Å²) < 4.78 is 85.3. The second kappa shape index (κ2) is 30.6. The topological polar surface area (TPSA) is 591 Å². The highest BCUT2D eigenvalue weighted by Gasteiger charge is 2.70. The monoisotopic (exact) mass is 1440 g/mol. The molecule has 11 rings (SSSR count). The number of aliphatic hydroxyl groups excluding tert-OH is 22. The van der Waals surface area contributed by atoms with Gasteiger partial charge in [-0.15, -0.1) is 0 Å². The molecule has 0 aromatic rings. The Bertz CT molecular complexity index is 2700. The molecule has 11 aliphatic rings. The predicted molar refractivity (Wildman–Crippen MR) is 316 cm³/mol. The Morgan fingerprint density at radius 2 is 0.768 bits per heavy atom. The van der Waals surface area contributed by atoms with Crippen LogP contribution in [0.15, 0.2) is 12.2 Å². The van der Waals surface area contributed by atoms with Crippen molar-refractivity contribution in [2.45, 2.75) is 299 Å². The van der Waals surface area contributed by atoms with Crippen molar-refractivity contribution < 1.29 is 183 Å². The van der Waals surface area contributed by atoms with Crippen molar-refractivity contribution in [3.63, 3.8) is 0 Å². The van der Waals surface area contributed by atoms with Crippen LogP contribution in [0.1, 0.15) is 78.6 Å². The molecule has 4 aliphatic carbocycles. The molecule has 4 saturated carbocycles. The number of fused-ring (bicyclic) bond motifs is 3. The first-order valence-corrected chi connectivity index (χ1v) is 33.8. The molecule has 1 spiro atoms. The smallest absolute Gasteiger partial charge is 0.314 e. The minimum atomic E-state index is -2.15. The highest BCUT2D eigenvalue weighted by atomic mass is 16.8. The van der Waals surface area contributed by atoms with E-state index in [2.05, 4.69) is 13.5 Å². The van der Waals surface area contributed by atoms with E-state index in [0.717, 1.165) is 0 Å². The second-order valence-corrected chi connectivity index (χ2v) is 29.2. The summed E-state index contributed by atoms with van der Waals surface area (Å²) in [5.41, 5.74) is -3.42. The number of ether oxygens (including phenoxy) is 14. The van der Waals surface area contributed by atoms with E-state index in [1.807, 2.05) is 0 Å². The molecule has 2 bridgehead atoms. The van der Waals surface area contributed by atoms with Crippen LogP contribution in [0.25, 0.3) is 0 Å². The lowest BCUT2D eigenvalue weighted by molar-refractivity contribution is -0.400. The van der Waals surface area contributed by atoms with Crippen molar-refractivity contribution in [2.75, 3.05) is 39.6 Å². The normalized spacial score (nSPS) is 54.9. The standard InChI is InChI=1S/C62H100O37/c1-20-12-61-10-6-28-59(3,29(61)7-11-62(20,19-61)99-57-50(97-54-44(83)40(79)34(73)25(16-66)90-54)48(36(75)27(18-68)92-57)95-53-43(82)39(78)33(72)24(15-65)89-53)8-5-9-60(28,4)58(85)98-56-49(47(35(74)26(17-67)91-56)94-52-42(81)38(77)32(71)23(14-64)88-52)96-55-45(84)46(30(69)21(2)86-55)93-51-41(80)37(76)31(70)22(13-63)87-51/h21-57,63-84H,1,5-19H2,2-4H3/t21?,22?,23?,24?,25?,26?,27?,28?,29-,30?,31?,32?,33?,34?,35?,36?,37?,38?,39?,40?,41?,42?,43?,44?,45?,46?,47?,48?,49?,50?,51?,52?,53?,54?,55?,56?,57?,59+,60+,61+,62-/m0/s1. The number of carbonyl (C=O) groups is 1. The van der Waals surface area contributed by atoms with Gasteiger partial charge in [0.15, 0.2) is 43.8 Å². The number of rotatable bonds is 20. The van der Waals surface area contributed by atoms with E-state index in [4.69, 9.17) is 66.3 Å². The van der Waals surface area contributed by atoms with Gasteiger partial charge in [0, 0.05) is 0 Å². The Kier molecular flexibility index (Phi) is 24.1. The minimum absolute atomic E-state index is 0.192. The number of aliphatic hydroxyl groups is 22. The molecule has 570 valence electrons. The maximum atomic E-state index is 15.7. The first-order chi connectivity index (χ1) is 46.8. The SMILES string of the molecule is C=C1C[C@@]23CCC4[C@](C)(C(=O)OC5OC(CO)C(O)C(OC6OC(CO)C(O)C(O)C6O)C5OC5OC(C)C(O)C(OC6OC(CO)C(O)C(O)C6O)C5O)CCC[C@@]4(C)[C@@H]2CC[C@]1(OC1OC(CO)C(O)C(OC2OC(CO)C(O)C(O)C2O)C1OC1OC(CO)C(O)C(O)C1O)C3. The lowest BCUT2D eigenvalue weighted by Crippen LogP contribution is -2.68. The fourth-order valence-corrected chi connectivity index (χ4v) is 17.9. The van der Waals surface area contributed by atoms with Crippen molar-refractivity contribution in [2.24, 2.45) is 28.1 Å². The first-order valence-electron chi connectivity index (χ1n) is 33.8. The molecule has 36 unspecified atom stereocenters. The van der Waals surface area contributed by atoms with Crippen molar-refractivity contribution in [1.82, 2.24) is 0 Å². The molecule has 41 atom stereocenters. The quantitative estimate of drug-likeness (QED) is 0.0306. The Morgan fingerprint density at radius 3 is 1.20 bits per heavy atom. The molecular weight excluding hydrogens is 1340 g/mol. The molecular formula is C62H100O37. The Hall–Kier alpha value is -2.19. The molecule has 7 heterocycles. The fraction of sp³-hybridized carbons (Fsp3) is 0.952. The summed E-state index contributed by atoms with van der Waals surface area (Å²) in [6, 6.07) is 0.